The summed E-state index contributed by atoms with van der Waals surface area (Å²) in [6.07, 6.45) is 0. The Kier molecular flexibility index (Phi) is 5.48. The van der Waals surface area contributed by atoms with Gasteiger partial charge in [0.2, 0.25) is 0 Å². The summed E-state index contributed by atoms with van der Waals surface area (Å²) in [5.74, 6) is -2.04. The van der Waals surface area contributed by atoms with Crippen LogP contribution in [-0.2, 0) is 19.1 Å². The number of amides is 4. The summed E-state index contributed by atoms with van der Waals surface area (Å²) in [6, 6.07) is 5.63. The molecule has 2 rings (SSSR count). The number of likely N-dealkylation sites (N-methyl/N-ethyl adjacent to an activating group) is 1. The Hall–Kier alpha value is -3.23. The second-order valence-corrected chi connectivity index (χ2v) is 5.46. The van der Waals surface area contributed by atoms with Crippen molar-refractivity contribution in [3.8, 4) is 0 Å². The van der Waals surface area contributed by atoms with E-state index in [0.29, 0.717) is 11.3 Å². The molecule has 1 aliphatic heterocycles. The van der Waals surface area contributed by atoms with Crippen molar-refractivity contribution in [2.75, 3.05) is 32.1 Å². The molecule has 25 heavy (non-hydrogen) atoms. The first kappa shape index (κ1) is 18.1. The topological polar surface area (TPSA) is 113 Å². The van der Waals surface area contributed by atoms with E-state index < -0.39 is 37.0 Å². The van der Waals surface area contributed by atoms with Crippen molar-refractivity contribution in [3.63, 3.8) is 0 Å². The number of nitrogens with zero attached hydrogens (tertiary/aromatic N) is 2. The Bertz CT molecular complexity index is 728. The van der Waals surface area contributed by atoms with Crippen molar-refractivity contribution in [1.29, 1.82) is 0 Å². The number of urea groups is 1. The Morgan fingerprint density at radius 3 is 2.32 bits per heavy atom. The minimum Gasteiger partial charge on any atom is -0.454 e. The van der Waals surface area contributed by atoms with Crippen LogP contribution < -0.4 is 5.32 Å². The minimum atomic E-state index is -0.862. The summed E-state index contributed by atoms with van der Waals surface area (Å²) in [5.41, 5.74) is 0.951. The molecule has 1 N–H and O–H groups in total. The SMILES string of the molecule is CC(=O)c1ccc(NC(=O)COC(=O)CN2C(=O)CN(C)C2=O)cc1. The molecule has 0 bridgehead atoms. The van der Waals surface area contributed by atoms with Crippen molar-refractivity contribution < 1.29 is 28.7 Å². The molecule has 1 heterocycles. The zero-order valence-corrected chi connectivity index (χ0v) is 13.8. The number of carbonyl (C=O) groups is 5. The number of rotatable bonds is 6. The van der Waals surface area contributed by atoms with Gasteiger partial charge in [-0.2, -0.15) is 0 Å². The maximum absolute atomic E-state index is 11.7. The van der Waals surface area contributed by atoms with Crippen LogP contribution in [0.1, 0.15) is 17.3 Å². The van der Waals surface area contributed by atoms with Crippen LogP contribution in [0.4, 0.5) is 10.5 Å². The maximum atomic E-state index is 11.7. The number of esters is 1. The summed E-state index contributed by atoms with van der Waals surface area (Å²) in [6.45, 7) is 0.242. The lowest BCUT2D eigenvalue weighted by molar-refractivity contribution is -0.149. The molecule has 0 spiro atoms. The average Bonchev–Trinajstić information content (AvgIpc) is 2.80. The quantitative estimate of drug-likeness (QED) is 0.449. The molecule has 1 aliphatic rings. The van der Waals surface area contributed by atoms with Crippen LogP contribution in [0.15, 0.2) is 24.3 Å². The largest absolute Gasteiger partial charge is 0.454 e. The van der Waals surface area contributed by atoms with E-state index in [9.17, 15) is 24.0 Å². The van der Waals surface area contributed by atoms with E-state index in [0.717, 1.165) is 4.90 Å². The molecule has 0 atom stereocenters. The fraction of sp³-hybridized carbons (Fsp3) is 0.312. The van der Waals surface area contributed by atoms with E-state index >= 15 is 0 Å². The smallest absolute Gasteiger partial charge is 0.327 e. The number of ketones is 1. The zero-order chi connectivity index (χ0) is 18.6. The number of anilines is 1. The highest BCUT2D eigenvalue weighted by molar-refractivity contribution is 6.04. The van der Waals surface area contributed by atoms with Gasteiger partial charge in [0, 0.05) is 18.3 Å². The number of Topliss-reactive ketones (excluding diaryl/α,β-unsaturated/α-hetero) is 1. The lowest BCUT2D eigenvalue weighted by Crippen LogP contribution is -2.37. The van der Waals surface area contributed by atoms with Crippen molar-refractivity contribution >= 4 is 35.3 Å². The van der Waals surface area contributed by atoms with Gasteiger partial charge in [-0.05, 0) is 31.2 Å². The third kappa shape index (κ3) is 4.63. The van der Waals surface area contributed by atoms with E-state index in [1.807, 2.05) is 0 Å². The molecular formula is C16H17N3O6. The molecule has 0 aliphatic carbocycles. The standard InChI is InChI=1S/C16H17N3O6/c1-10(20)11-3-5-12(6-4-11)17-13(21)9-25-15(23)8-19-14(22)7-18(2)16(19)24/h3-6H,7-9H2,1-2H3,(H,17,21). The molecule has 9 nitrogen and oxygen atoms in total. The van der Waals surface area contributed by atoms with Gasteiger partial charge in [-0.1, -0.05) is 0 Å². The summed E-state index contributed by atoms with van der Waals surface area (Å²) in [5, 5.41) is 2.50. The third-order valence-electron chi connectivity index (χ3n) is 3.46. The van der Waals surface area contributed by atoms with E-state index in [1.54, 1.807) is 24.3 Å². The van der Waals surface area contributed by atoms with Crippen LogP contribution in [0.5, 0.6) is 0 Å². The Morgan fingerprint density at radius 1 is 1.16 bits per heavy atom. The molecule has 1 aromatic rings. The highest BCUT2D eigenvalue weighted by Gasteiger charge is 2.35. The Balaban J connectivity index is 1.79. The number of hydrogen-bond acceptors (Lipinski definition) is 6. The average molecular weight is 347 g/mol. The molecule has 0 unspecified atom stereocenters. The predicted octanol–water partition coefficient (Wildman–Crippen LogP) is 0.265. The van der Waals surface area contributed by atoms with Crippen molar-refractivity contribution in [2.45, 2.75) is 6.92 Å². The van der Waals surface area contributed by atoms with Gasteiger partial charge in [0.1, 0.15) is 13.1 Å². The fourth-order valence-electron chi connectivity index (χ4n) is 2.13. The second-order valence-electron chi connectivity index (χ2n) is 5.46. The van der Waals surface area contributed by atoms with Crippen LogP contribution in [0.25, 0.3) is 0 Å². The highest BCUT2D eigenvalue weighted by atomic mass is 16.5. The van der Waals surface area contributed by atoms with Gasteiger partial charge in [0.15, 0.2) is 12.4 Å². The van der Waals surface area contributed by atoms with Gasteiger partial charge in [0.25, 0.3) is 11.8 Å². The first-order valence-corrected chi connectivity index (χ1v) is 7.40. The number of imide groups is 1. The first-order valence-electron chi connectivity index (χ1n) is 7.40. The lowest BCUT2D eigenvalue weighted by atomic mass is 10.1. The lowest BCUT2D eigenvalue weighted by Gasteiger charge is -2.13. The molecule has 1 fully saturated rings. The molecule has 1 saturated heterocycles. The Morgan fingerprint density at radius 2 is 1.80 bits per heavy atom. The molecule has 132 valence electrons. The predicted molar refractivity (Wildman–Crippen MR) is 85.8 cm³/mol. The fourth-order valence-corrected chi connectivity index (χ4v) is 2.13. The van der Waals surface area contributed by atoms with E-state index in [4.69, 9.17) is 4.74 Å². The number of carbonyl (C=O) groups excluding carboxylic acids is 5. The normalized spacial score (nSPS) is 13.8. The van der Waals surface area contributed by atoms with Gasteiger partial charge >= 0.3 is 12.0 Å². The van der Waals surface area contributed by atoms with Crippen LogP contribution in [0, 0.1) is 0 Å². The molecule has 9 heteroatoms. The van der Waals surface area contributed by atoms with Crippen LogP contribution >= 0.6 is 0 Å². The van der Waals surface area contributed by atoms with E-state index in [1.165, 1.54) is 18.9 Å². The van der Waals surface area contributed by atoms with Gasteiger partial charge in [-0.3, -0.25) is 24.1 Å². The van der Waals surface area contributed by atoms with Gasteiger partial charge in [-0.25, -0.2) is 4.79 Å². The highest BCUT2D eigenvalue weighted by Crippen LogP contribution is 2.10. The molecule has 0 saturated carbocycles. The number of benzene rings is 1. The Labute approximate surface area is 143 Å². The van der Waals surface area contributed by atoms with Gasteiger partial charge in [0.05, 0.1) is 0 Å². The maximum Gasteiger partial charge on any atom is 0.327 e. The van der Waals surface area contributed by atoms with Crippen LogP contribution in [-0.4, -0.2) is 66.1 Å². The van der Waals surface area contributed by atoms with E-state index in [-0.39, 0.29) is 12.3 Å². The van der Waals surface area contributed by atoms with Gasteiger partial charge in [-0.15, -0.1) is 0 Å². The number of hydrogen-bond donors (Lipinski definition) is 1. The van der Waals surface area contributed by atoms with Crippen LogP contribution in [0.3, 0.4) is 0 Å². The van der Waals surface area contributed by atoms with Crippen LogP contribution in [0.2, 0.25) is 0 Å². The molecule has 4 amide bonds. The number of nitrogens with one attached hydrogen (secondary N) is 1. The third-order valence-corrected chi connectivity index (χ3v) is 3.46. The monoisotopic (exact) mass is 347 g/mol. The summed E-state index contributed by atoms with van der Waals surface area (Å²) in [7, 11) is 1.44. The summed E-state index contributed by atoms with van der Waals surface area (Å²) in [4.78, 5) is 59.7. The zero-order valence-electron chi connectivity index (χ0n) is 13.8. The summed E-state index contributed by atoms with van der Waals surface area (Å²) < 4.78 is 4.76. The van der Waals surface area contributed by atoms with Crippen molar-refractivity contribution in [3.05, 3.63) is 29.8 Å². The number of ether oxygens (including phenoxy) is 1. The van der Waals surface area contributed by atoms with Gasteiger partial charge < -0.3 is 15.0 Å². The molecule has 0 aromatic heterocycles. The van der Waals surface area contributed by atoms with E-state index in [2.05, 4.69) is 5.32 Å². The minimum absolute atomic E-state index is 0.0940. The molecular weight excluding hydrogens is 330 g/mol. The van der Waals surface area contributed by atoms with Crippen molar-refractivity contribution in [2.24, 2.45) is 0 Å². The molecule has 1 aromatic carbocycles. The summed E-state index contributed by atoms with van der Waals surface area (Å²) >= 11 is 0. The second kappa shape index (κ2) is 7.56. The molecule has 0 radical (unpaired) electrons. The first-order chi connectivity index (χ1) is 11.8. The van der Waals surface area contributed by atoms with Crippen molar-refractivity contribution in [1.82, 2.24) is 9.80 Å².